The van der Waals surface area contributed by atoms with Crippen LogP contribution in [-0.2, 0) is 6.54 Å². The lowest BCUT2D eigenvalue weighted by Gasteiger charge is -2.20. The quantitative estimate of drug-likeness (QED) is 0.434. The molecule has 0 saturated carbocycles. The molecular formula is C27H27N3O. The molecule has 0 bridgehead atoms. The normalized spacial score (nSPS) is 14.5. The number of ether oxygens (including phenoxy) is 1. The van der Waals surface area contributed by atoms with Crippen molar-refractivity contribution in [2.45, 2.75) is 25.3 Å². The Morgan fingerprint density at radius 3 is 2.16 bits per heavy atom. The first-order valence-corrected chi connectivity index (χ1v) is 11.0. The number of aromatic nitrogens is 2. The van der Waals surface area contributed by atoms with Crippen molar-refractivity contribution < 1.29 is 4.74 Å². The lowest BCUT2D eigenvalue weighted by molar-refractivity contribution is 0.449. The van der Waals surface area contributed by atoms with Crippen LogP contribution in [0.15, 0.2) is 91.0 Å². The number of hydrogen-bond donors (Lipinski definition) is 1. The Kier molecular flexibility index (Phi) is 5.81. The Hall–Kier alpha value is -3.37. The van der Waals surface area contributed by atoms with Crippen molar-refractivity contribution >= 4 is 0 Å². The van der Waals surface area contributed by atoms with Gasteiger partial charge < -0.3 is 10.1 Å². The summed E-state index contributed by atoms with van der Waals surface area (Å²) < 4.78 is 8.12. The van der Waals surface area contributed by atoms with Gasteiger partial charge in [0.15, 0.2) is 0 Å². The number of hydrogen-bond acceptors (Lipinski definition) is 3. The van der Waals surface area contributed by atoms with Crippen molar-refractivity contribution in [2.75, 3.05) is 13.1 Å². The molecule has 156 valence electrons. The monoisotopic (exact) mass is 409 g/mol. The Morgan fingerprint density at radius 1 is 0.806 bits per heavy atom. The number of rotatable bonds is 6. The van der Waals surface area contributed by atoms with Crippen LogP contribution in [-0.4, -0.2) is 22.9 Å². The van der Waals surface area contributed by atoms with E-state index in [2.05, 4.69) is 58.5 Å². The third-order valence-corrected chi connectivity index (χ3v) is 5.86. The minimum Gasteiger partial charge on any atom is -0.457 e. The van der Waals surface area contributed by atoms with Crippen LogP contribution in [0.25, 0.3) is 11.3 Å². The first-order valence-electron chi connectivity index (χ1n) is 11.0. The van der Waals surface area contributed by atoms with Gasteiger partial charge in [0.1, 0.15) is 11.5 Å². The molecule has 0 aliphatic carbocycles. The highest BCUT2D eigenvalue weighted by atomic mass is 16.5. The minimum atomic E-state index is 0.526. The molecule has 0 radical (unpaired) electrons. The van der Waals surface area contributed by atoms with Gasteiger partial charge in [-0.2, -0.15) is 5.10 Å². The van der Waals surface area contributed by atoms with Gasteiger partial charge in [-0.25, -0.2) is 0 Å². The largest absolute Gasteiger partial charge is 0.457 e. The zero-order valence-corrected chi connectivity index (χ0v) is 17.6. The Morgan fingerprint density at radius 2 is 1.45 bits per heavy atom. The molecule has 1 fully saturated rings. The summed E-state index contributed by atoms with van der Waals surface area (Å²) >= 11 is 0. The summed E-state index contributed by atoms with van der Waals surface area (Å²) in [4.78, 5) is 0. The van der Waals surface area contributed by atoms with Crippen LogP contribution < -0.4 is 10.1 Å². The van der Waals surface area contributed by atoms with E-state index < -0.39 is 0 Å². The van der Waals surface area contributed by atoms with E-state index in [1.807, 2.05) is 42.5 Å². The molecule has 1 N–H and O–H groups in total. The Bertz CT molecular complexity index is 1100. The number of para-hydroxylation sites is 1. The Balaban J connectivity index is 1.44. The lowest BCUT2D eigenvalue weighted by Crippen LogP contribution is -2.26. The number of nitrogens with one attached hydrogen (secondary N) is 1. The summed E-state index contributed by atoms with van der Waals surface area (Å²) in [5, 5.41) is 8.51. The second-order valence-electron chi connectivity index (χ2n) is 8.06. The molecule has 1 aliphatic heterocycles. The molecule has 1 aromatic heterocycles. The maximum atomic E-state index is 5.97. The van der Waals surface area contributed by atoms with Crippen LogP contribution in [0, 0.1) is 0 Å². The molecule has 0 atom stereocenters. The van der Waals surface area contributed by atoms with E-state index in [1.165, 1.54) is 11.3 Å². The first-order chi connectivity index (χ1) is 15.3. The van der Waals surface area contributed by atoms with E-state index in [0.29, 0.717) is 5.92 Å². The number of piperidine rings is 1. The summed E-state index contributed by atoms with van der Waals surface area (Å²) in [6.07, 6.45) is 2.29. The van der Waals surface area contributed by atoms with E-state index in [9.17, 15) is 0 Å². The minimum absolute atomic E-state index is 0.526. The van der Waals surface area contributed by atoms with Crippen molar-refractivity contribution in [1.29, 1.82) is 0 Å². The van der Waals surface area contributed by atoms with Gasteiger partial charge in [0.05, 0.1) is 17.9 Å². The molecule has 5 rings (SSSR count). The van der Waals surface area contributed by atoms with E-state index in [1.54, 1.807) is 0 Å². The van der Waals surface area contributed by atoms with E-state index in [0.717, 1.165) is 55.2 Å². The molecule has 1 saturated heterocycles. The standard InChI is InChI=1S/C27H27N3O/c1-3-7-21(8-4-1)20-30-27(19-26(29-30)22-15-17-28-18-16-22)23-11-13-25(14-12-23)31-24-9-5-2-6-10-24/h1-14,19,22,28H,15-18,20H2. The van der Waals surface area contributed by atoms with Crippen LogP contribution in [0.5, 0.6) is 11.5 Å². The fourth-order valence-corrected chi connectivity index (χ4v) is 4.18. The smallest absolute Gasteiger partial charge is 0.127 e. The summed E-state index contributed by atoms with van der Waals surface area (Å²) in [5.41, 5.74) is 4.78. The average molecular weight is 410 g/mol. The van der Waals surface area contributed by atoms with Gasteiger partial charge >= 0.3 is 0 Å². The van der Waals surface area contributed by atoms with Crippen molar-refractivity contribution in [3.63, 3.8) is 0 Å². The summed E-state index contributed by atoms with van der Waals surface area (Å²) in [6, 6.07) is 31.0. The van der Waals surface area contributed by atoms with Crippen molar-refractivity contribution in [3.05, 3.63) is 102 Å². The first kappa shape index (κ1) is 19.6. The Labute approximate surface area is 183 Å². The predicted molar refractivity (Wildman–Crippen MR) is 125 cm³/mol. The highest BCUT2D eigenvalue weighted by Crippen LogP contribution is 2.31. The topological polar surface area (TPSA) is 39.1 Å². The van der Waals surface area contributed by atoms with Crippen LogP contribution in [0.1, 0.15) is 30.0 Å². The van der Waals surface area contributed by atoms with Crippen LogP contribution in [0.2, 0.25) is 0 Å². The average Bonchev–Trinajstić information content (AvgIpc) is 3.25. The molecule has 4 heteroatoms. The van der Waals surface area contributed by atoms with Crippen LogP contribution in [0.3, 0.4) is 0 Å². The molecule has 0 spiro atoms. The summed E-state index contributed by atoms with van der Waals surface area (Å²) in [7, 11) is 0. The predicted octanol–water partition coefficient (Wildman–Crippen LogP) is 5.86. The van der Waals surface area contributed by atoms with Gasteiger partial charge in [-0.1, -0.05) is 48.5 Å². The van der Waals surface area contributed by atoms with Gasteiger partial charge in [-0.15, -0.1) is 0 Å². The molecular weight excluding hydrogens is 382 g/mol. The molecule has 3 aromatic carbocycles. The van der Waals surface area contributed by atoms with Gasteiger partial charge in [-0.3, -0.25) is 4.68 Å². The molecule has 4 aromatic rings. The van der Waals surface area contributed by atoms with Crippen LogP contribution >= 0.6 is 0 Å². The molecule has 0 amide bonds. The van der Waals surface area contributed by atoms with E-state index in [-0.39, 0.29) is 0 Å². The van der Waals surface area contributed by atoms with Crippen molar-refractivity contribution in [3.8, 4) is 22.8 Å². The highest BCUT2D eigenvalue weighted by Gasteiger charge is 2.20. The van der Waals surface area contributed by atoms with Gasteiger partial charge in [0.2, 0.25) is 0 Å². The molecule has 2 heterocycles. The van der Waals surface area contributed by atoms with E-state index >= 15 is 0 Å². The lowest BCUT2D eigenvalue weighted by atomic mass is 9.94. The maximum absolute atomic E-state index is 5.97. The third kappa shape index (κ3) is 4.70. The van der Waals surface area contributed by atoms with Gasteiger partial charge in [0, 0.05) is 11.5 Å². The number of nitrogens with zero attached hydrogens (tertiary/aromatic N) is 2. The van der Waals surface area contributed by atoms with Crippen LogP contribution in [0.4, 0.5) is 0 Å². The summed E-state index contributed by atoms with van der Waals surface area (Å²) in [6.45, 7) is 2.90. The third-order valence-electron chi connectivity index (χ3n) is 5.86. The maximum Gasteiger partial charge on any atom is 0.127 e. The summed E-state index contributed by atoms with van der Waals surface area (Å²) in [5.74, 6) is 2.21. The molecule has 0 unspecified atom stereocenters. The van der Waals surface area contributed by atoms with Crippen molar-refractivity contribution in [2.24, 2.45) is 0 Å². The van der Waals surface area contributed by atoms with Gasteiger partial charge in [0.25, 0.3) is 0 Å². The second-order valence-corrected chi connectivity index (χ2v) is 8.06. The SMILES string of the molecule is c1ccc(Cn2nc(C3CCNCC3)cc2-c2ccc(Oc3ccccc3)cc2)cc1. The van der Waals surface area contributed by atoms with Gasteiger partial charge in [-0.05, 0) is 74.0 Å². The molecule has 1 aliphatic rings. The molecule has 4 nitrogen and oxygen atoms in total. The molecule has 31 heavy (non-hydrogen) atoms. The zero-order chi connectivity index (χ0) is 20.9. The second kappa shape index (κ2) is 9.19. The fourth-order valence-electron chi connectivity index (χ4n) is 4.18. The number of benzene rings is 3. The fraction of sp³-hybridized carbons (Fsp3) is 0.222. The zero-order valence-electron chi connectivity index (χ0n) is 17.6. The van der Waals surface area contributed by atoms with Crippen molar-refractivity contribution in [1.82, 2.24) is 15.1 Å². The highest BCUT2D eigenvalue weighted by molar-refractivity contribution is 5.61. The van der Waals surface area contributed by atoms with E-state index in [4.69, 9.17) is 9.84 Å².